The summed E-state index contributed by atoms with van der Waals surface area (Å²) in [5.41, 5.74) is 0.710. The van der Waals surface area contributed by atoms with Gasteiger partial charge < -0.3 is 23.9 Å². The van der Waals surface area contributed by atoms with Crippen molar-refractivity contribution in [3.05, 3.63) is 48.0 Å². The number of amides is 3. The molecule has 2 saturated heterocycles. The van der Waals surface area contributed by atoms with E-state index in [-0.39, 0.29) is 23.5 Å². The minimum absolute atomic E-state index is 0.00648. The van der Waals surface area contributed by atoms with E-state index in [1.165, 1.54) is 12.1 Å². The molecule has 8 heteroatoms. The van der Waals surface area contributed by atoms with Crippen molar-refractivity contribution < 1.29 is 23.1 Å². The van der Waals surface area contributed by atoms with Crippen LogP contribution in [0.2, 0.25) is 0 Å². The molecule has 0 aliphatic carbocycles. The third-order valence-corrected chi connectivity index (χ3v) is 5.06. The van der Waals surface area contributed by atoms with Crippen LogP contribution >= 0.6 is 0 Å². The van der Waals surface area contributed by atoms with E-state index in [2.05, 4.69) is 0 Å². The number of piperazine rings is 1. The standard InChI is InChI=1S/C20H22FN3O4/c21-16-3-1-15(2-4-16)17-5-6-18(28-17)19(25)22-7-9-23(10-8-22)20(26)24-11-13-27-14-12-24/h1-6H,7-14H2. The van der Waals surface area contributed by atoms with E-state index in [0.717, 1.165) is 0 Å². The molecule has 1 aromatic heterocycles. The third-order valence-electron chi connectivity index (χ3n) is 5.06. The molecule has 0 spiro atoms. The van der Waals surface area contributed by atoms with Gasteiger partial charge in [-0.3, -0.25) is 4.79 Å². The Hall–Kier alpha value is -2.87. The maximum atomic E-state index is 13.1. The quantitative estimate of drug-likeness (QED) is 0.793. The predicted octanol–water partition coefficient (Wildman–Crippen LogP) is 2.30. The van der Waals surface area contributed by atoms with Crippen molar-refractivity contribution in [2.45, 2.75) is 0 Å². The number of halogens is 1. The van der Waals surface area contributed by atoms with E-state index in [1.807, 2.05) is 0 Å². The van der Waals surface area contributed by atoms with Gasteiger partial charge in [0.25, 0.3) is 5.91 Å². The predicted molar refractivity (Wildman–Crippen MR) is 99.4 cm³/mol. The van der Waals surface area contributed by atoms with Crippen molar-refractivity contribution >= 4 is 11.9 Å². The van der Waals surface area contributed by atoms with Crippen LogP contribution in [0.5, 0.6) is 0 Å². The molecule has 2 aromatic rings. The van der Waals surface area contributed by atoms with Crippen molar-refractivity contribution in [3.8, 4) is 11.3 Å². The molecule has 7 nitrogen and oxygen atoms in total. The Morgan fingerprint density at radius 3 is 2.07 bits per heavy atom. The number of furan rings is 1. The van der Waals surface area contributed by atoms with E-state index < -0.39 is 0 Å². The van der Waals surface area contributed by atoms with E-state index >= 15 is 0 Å². The molecule has 28 heavy (non-hydrogen) atoms. The molecule has 1 aromatic carbocycles. The van der Waals surface area contributed by atoms with E-state index in [1.54, 1.807) is 39.0 Å². The summed E-state index contributed by atoms with van der Waals surface area (Å²) < 4.78 is 24.0. The Bertz CT molecular complexity index is 837. The molecule has 2 aliphatic heterocycles. The summed E-state index contributed by atoms with van der Waals surface area (Å²) in [6, 6.07) is 9.27. The first-order chi connectivity index (χ1) is 13.6. The van der Waals surface area contributed by atoms with Gasteiger partial charge in [0.1, 0.15) is 11.6 Å². The van der Waals surface area contributed by atoms with Crippen molar-refractivity contribution in [1.29, 1.82) is 0 Å². The van der Waals surface area contributed by atoms with Crippen LogP contribution in [0, 0.1) is 5.82 Å². The van der Waals surface area contributed by atoms with E-state index in [4.69, 9.17) is 9.15 Å². The summed E-state index contributed by atoms with van der Waals surface area (Å²) in [6.45, 7) is 4.26. The average molecular weight is 387 g/mol. The summed E-state index contributed by atoms with van der Waals surface area (Å²) in [4.78, 5) is 30.5. The number of nitrogens with zero attached hydrogens (tertiary/aromatic N) is 3. The molecule has 2 fully saturated rings. The molecule has 0 N–H and O–H groups in total. The summed E-state index contributed by atoms with van der Waals surface area (Å²) in [5, 5.41) is 0. The number of morpholine rings is 1. The number of carbonyl (C=O) groups is 2. The Balaban J connectivity index is 1.35. The second-order valence-electron chi connectivity index (χ2n) is 6.83. The molecule has 0 atom stereocenters. The normalized spacial score (nSPS) is 17.7. The van der Waals surface area contributed by atoms with Gasteiger partial charge in [0.2, 0.25) is 0 Å². The van der Waals surface area contributed by atoms with Crippen LogP contribution in [0.1, 0.15) is 10.6 Å². The number of carbonyl (C=O) groups excluding carboxylic acids is 2. The zero-order valence-electron chi connectivity index (χ0n) is 15.5. The maximum absolute atomic E-state index is 13.1. The van der Waals surface area contributed by atoms with E-state index in [0.29, 0.717) is 63.8 Å². The molecule has 0 saturated carbocycles. The molecule has 0 unspecified atom stereocenters. The number of hydrogen-bond donors (Lipinski definition) is 0. The molecule has 2 aliphatic rings. The minimum Gasteiger partial charge on any atom is -0.451 e. The smallest absolute Gasteiger partial charge is 0.320 e. The van der Waals surface area contributed by atoms with Crippen LogP contribution in [0.3, 0.4) is 0 Å². The molecule has 0 bridgehead atoms. The Morgan fingerprint density at radius 1 is 0.786 bits per heavy atom. The number of urea groups is 1. The Kier molecular flexibility index (Phi) is 5.29. The van der Waals surface area contributed by atoms with Crippen LogP contribution < -0.4 is 0 Å². The lowest BCUT2D eigenvalue weighted by Gasteiger charge is -2.38. The van der Waals surface area contributed by atoms with Gasteiger partial charge in [0.15, 0.2) is 5.76 Å². The summed E-state index contributed by atoms with van der Waals surface area (Å²) in [6.07, 6.45) is 0. The zero-order valence-corrected chi connectivity index (χ0v) is 15.5. The largest absolute Gasteiger partial charge is 0.451 e. The number of hydrogen-bond acceptors (Lipinski definition) is 4. The van der Waals surface area contributed by atoms with Gasteiger partial charge in [-0.1, -0.05) is 0 Å². The Morgan fingerprint density at radius 2 is 1.39 bits per heavy atom. The van der Waals surface area contributed by atoms with Crippen LogP contribution in [0.4, 0.5) is 9.18 Å². The Labute approximate surface area is 162 Å². The number of benzene rings is 1. The van der Waals surface area contributed by atoms with Gasteiger partial charge in [-0.2, -0.15) is 0 Å². The first-order valence-electron chi connectivity index (χ1n) is 9.38. The van der Waals surface area contributed by atoms with Gasteiger partial charge in [-0.25, -0.2) is 9.18 Å². The molecule has 3 amide bonds. The number of rotatable bonds is 2. The third kappa shape index (κ3) is 3.87. The molecule has 3 heterocycles. The highest BCUT2D eigenvalue weighted by molar-refractivity contribution is 5.92. The van der Waals surface area contributed by atoms with Crippen LogP contribution in [0.25, 0.3) is 11.3 Å². The van der Waals surface area contributed by atoms with Gasteiger partial charge in [-0.05, 0) is 36.4 Å². The monoisotopic (exact) mass is 387 g/mol. The molecular formula is C20H22FN3O4. The van der Waals surface area contributed by atoms with Gasteiger partial charge >= 0.3 is 6.03 Å². The number of ether oxygens (including phenoxy) is 1. The molecular weight excluding hydrogens is 365 g/mol. The van der Waals surface area contributed by atoms with Crippen LogP contribution in [-0.2, 0) is 4.74 Å². The summed E-state index contributed by atoms with van der Waals surface area (Å²) in [7, 11) is 0. The highest BCUT2D eigenvalue weighted by atomic mass is 19.1. The maximum Gasteiger partial charge on any atom is 0.320 e. The molecule has 148 valence electrons. The van der Waals surface area contributed by atoms with Crippen molar-refractivity contribution in [2.75, 3.05) is 52.5 Å². The summed E-state index contributed by atoms with van der Waals surface area (Å²) >= 11 is 0. The van der Waals surface area contributed by atoms with Crippen molar-refractivity contribution in [2.24, 2.45) is 0 Å². The van der Waals surface area contributed by atoms with Crippen molar-refractivity contribution in [1.82, 2.24) is 14.7 Å². The fourth-order valence-electron chi connectivity index (χ4n) is 3.43. The van der Waals surface area contributed by atoms with Crippen LogP contribution in [-0.4, -0.2) is 79.1 Å². The summed E-state index contributed by atoms with van der Waals surface area (Å²) in [5.74, 6) is 0.236. The fraction of sp³-hybridized carbons (Fsp3) is 0.400. The lowest BCUT2D eigenvalue weighted by molar-refractivity contribution is 0.0358. The lowest BCUT2D eigenvalue weighted by Crippen LogP contribution is -2.55. The highest BCUT2D eigenvalue weighted by Crippen LogP contribution is 2.23. The molecule has 4 rings (SSSR count). The van der Waals surface area contributed by atoms with Gasteiger partial charge in [0.05, 0.1) is 13.2 Å². The lowest BCUT2D eigenvalue weighted by atomic mass is 10.2. The van der Waals surface area contributed by atoms with Crippen LogP contribution in [0.15, 0.2) is 40.8 Å². The highest BCUT2D eigenvalue weighted by Gasteiger charge is 2.29. The minimum atomic E-state index is -0.323. The first-order valence-corrected chi connectivity index (χ1v) is 9.38. The van der Waals surface area contributed by atoms with E-state index in [9.17, 15) is 14.0 Å². The van der Waals surface area contributed by atoms with Gasteiger partial charge in [-0.15, -0.1) is 0 Å². The second kappa shape index (κ2) is 8.02. The van der Waals surface area contributed by atoms with Gasteiger partial charge in [0, 0.05) is 44.8 Å². The molecule has 0 radical (unpaired) electrons. The zero-order chi connectivity index (χ0) is 19.5. The topological polar surface area (TPSA) is 66.2 Å². The SMILES string of the molecule is O=C(c1ccc(-c2ccc(F)cc2)o1)N1CCN(C(=O)N2CCOCC2)CC1. The fourth-order valence-corrected chi connectivity index (χ4v) is 3.43. The second-order valence-corrected chi connectivity index (χ2v) is 6.83. The van der Waals surface area contributed by atoms with Crippen molar-refractivity contribution in [3.63, 3.8) is 0 Å². The first kappa shape index (κ1) is 18.5. The average Bonchev–Trinajstić information content (AvgIpc) is 3.24.